The Bertz CT molecular complexity index is 1320. The van der Waals surface area contributed by atoms with Crippen LogP contribution >= 0.6 is 11.3 Å². The number of anilines is 3. The maximum atomic E-state index is 12.7. The fourth-order valence-electron chi connectivity index (χ4n) is 2.98. The molecule has 0 atom stereocenters. The van der Waals surface area contributed by atoms with Gasteiger partial charge in [0.05, 0.1) is 0 Å². The molecule has 33 heavy (non-hydrogen) atoms. The van der Waals surface area contributed by atoms with E-state index < -0.39 is 10.0 Å². The number of thiophene rings is 1. The second kappa shape index (κ2) is 9.20. The van der Waals surface area contributed by atoms with E-state index in [4.69, 9.17) is 4.52 Å². The molecule has 2 amide bonds. The third-order valence-corrected chi connectivity index (χ3v) is 7.73. The number of nitrogens with zero attached hydrogens (tertiary/aromatic N) is 1. The molecule has 1 fully saturated rings. The average Bonchev–Trinajstić information content (AvgIpc) is 3.40. The molecular weight excluding hydrogens is 464 g/mol. The number of aryl methyl sites for hydroxylation is 1. The summed E-state index contributed by atoms with van der Waals surface area (Å²) in [7, 11) is -3.78. The molecule has 1 saturated carbocycles. The van der Waals surface area contributed by atoms with Gasteiger partial charge in [0.1, 0.15) is 15.6 Å². The first-order valence-corrected chi connectivity index (χ1v) is 12.5. The van der Waals surface area contributed by atoms with Crippen molar-refractivity contribution >= 4 is 62.4 Å². The van der Waals surface area contributed by atoms with Crippen molar-refractivity contribution in [3.8, 4) is 0 Å². The number of sulfonamides is 1. The van der Waals surface area contributed by atoms with Crippen LogP contribution in [0.5, 0.6) is 0 Å². The Kier molecular flexibility index (Phi) is 6.34. The van der Waals surface area contributed by atoms with Crippen molar-refractivity contribution in [1.82, 2.24) is 5.16 Å². The van der Waals surface area contributed by atoms with Gasteiger partial charge >= 0.3 is 0 Å². The van der Waals surface area contributed by atoms with Crippen molar-refractivity contribution in [2.24, 2.45) is 5.92 Å². The molecule has 3 N–H and O–H groups in total. The van der Waals surface area contributed by atoms with Crippen LogP contribution in [-0.2, 0) is 19.6 Å². The summed E-state index contributed by atoms with van der Waals surface area (Å²) in [6.45, 7) is 3.14. The lowest BCUT2D eigenvalue weighted by Crippen LogP contribution is -2.14. The zero-order chi connectivity index (χ0) is 23.6. The lowest BCUT2D eigenvalue weighted by Gasteiger charge is -2.07. The number of benzene rings is 1. The van der Waals surface area contributed by atoms with E-state index in [9.17, 15) is 18.0 Å². The van der Waals surface area contributed by atoms with Crippen LogP contribution in [-0.4, -0.2) is 25.4 Å². The van der Waals surface area contributed by atoms with E-state index in [2.05, 4.69) is 20.5 Å². The smallest absolute Gasteiger partial charge is 0.271 e. The van der Waals surface area contributed by atoms with Gasteiger partial charge < -0.3 is 15.2 Å². The predicted molar refractivity (Wildman–Crippen MR) is 127 cm³/mol. The SMILES string of the molecule is CC(=O)Nc1ccc(NS(=O)(=O)c2ccc(/C=C/c3onc(C)c3NC(=O)C3CC3)s2)cc1. The minimum absolute atomic E-state index is 0.0448. The summed E-state index contributed by atoms with van der Waals surface area (Å²) < 4.78 is 33.4. The van der Waals surface area contributed by atoms with Crippen molar-refractivity contribution in [2.45, 2.75) is 30.9 Å². The van der Waals surface area contributed by atoms with E-state index >= 15 is 0 Å². The van der Waals surface area contributed by atoms with E-state index in [0.717, 1.165) is 24.2 Å². The fraction of sp³-hybridized carbons (Fsp3) is 0.227. The standard InChI is InChI=1S/C22H22N4O5S2/c1-13-21(24-22(28)15-3-4-15)19(31-25-13)11-9-18-10-12-20(32-18)33(29,30)26-17-7-5-16(6-8-17)23-14(2)27/h5-12,15,26H,3-4H2,1-2H3,(H,23,27)(H,24,28)/b11-9+. The third kappa shape index (κ3) is 5.68. The van der Waals surface area contributed by atoms with Crippen LogP contribution in [0.4, 0.5) is 17.1 Å². The molecule has 4 rings (SSSR count). The first-order valence-electron chi connectivity index (χ1n) is 10.2. The monoisotopic (exact) mass is 486 g/mol. The number of hydrogen-bond acceptors (Lipinski definition) is 7. The molecule has 0 spiro atoms. The molecule has 0 aliphatic heterocycles. The van der Waals surface area contributed by atoms with E-state index in [-0.39, 0.29) is 21.9 Å². The zero-order valence-electron chi connectivity index (χ0n) is 17.9. The Morgan fingerprint density at radius 2 is 1.76 bits per heavy atom. The molecular formula is C22H22N4O5S2. The largest absolute Gasteiger partial charge is 0.354 e. The molecule has 1 aromatic carbocycles. The Morgan fingerprint density at radius 3 is 2.42 bits per heavy atom. The number of nitrogens with one attached hydrogen (secondary N) is 3. The van der Waals surface area contributed by atoms with Gasteiger partial charge in [-0.25, -0.2) is 8.42 Å². The number of carbonyl (C=O) groups excluding carboxylic acids is 2. The summed E-state index contributed by atoms with van der Waals surface area (Å²) >= 11 is 1.09. The molecule has 0 radical (unpaired) electrons. The number of aromatic nitrogens is 1. The van der Waals surface area contributed by atoms with Gasteiger partial charge in [0.2, 0.25) is 11.8 Å². The number of amides is 2. The zero-order valence-corrected chi connectivity index (χ0v) is 19.5. The highest BCUT2D eigenvalue weighted by atomic mass is 32.2. The molecule has 2 aromatic heterocycles. The molecule has 172 valence electrons. The highest BCUT2D eigenvalue weighted by Gasteiger charge is 2.30. The van der Waals surface area contributed by atoms with E-state index in [1.54, 1.807) is 49.4 Å². The second-order valence-corrected chi connectivity index (χ2v) is 10.6. The number of carbonyl (C=O) groups is 2. The summed E-state index contributed by atoms with van der Waals surface area (Å²) in [6.07, 6.45) is 5.14. The van der Waals surface area contributed by atoms with Gasteiger partial charge in [-0.3, -0.25) is 14.3 Å². The van der Waals surface area contributed by atoms with Gasteiger partial charge in [0.25, 0.3) is 10.0 Å². The summed E-state index contributed by atoms with van der Waals surface area (Å²) in [4.78, 5) is 23.9. The Labute approximate surface area is 194 Å². The maximum absolute atomic E-state index is 12.7. The second-order valence-electron chi connectivity index (χ2n) is 7.62. The summed E-state index contributed by atoms with van der Waals surface area (Å²) in [5, 5.41) is 9.39. The maximum Gasteiger partial charge on any atom is 0.271 e. The van der Waals surface area contributed by atoms with Gasteiger partial charge in [0.15, 0.2) is 5.76 Å². The Balaban J connectivity index is 1.45. The van der Waals surface area contributed by atoms with E-state index in [1.807, 2.05) is 0 Å². The molecule has 11 heteroatoms. The van der Waals surface area contributed by atoms with Crippen molar-refractivity contribution < 1.29 is 22.5 Å². The van der Waals surface area contributed by atoms with Crippen LogP contribution in [0.25, 0.3) is 12.2 Å². The summed E-state index contributed by atoms with van der Waals surface area (Å²) in [6, 6.07) is 9.56. The Morgan fingerprint density at radius 1 is 1.06 bits per heavy atom. The van der Waals surface area contributed by atoms with Crippen molar-refractivity contribution in [3.05, 3.63) is 52.7 Å². The molecule has 0 bridgehead atoms. The van der Waals surface area contributed by atoms with Gasteiger partial charge in [-0.1, -0.05) is 5.16 Å². The van der Waals surface area contributed by atoms with Gasteiger partial charge in [0, 0.05) is 29.1 Å². The summed E-state index contributed by atoms with van der Waals surface area (Å²) in [5.74, 6) is 0.198. The first kappa shape index (κ1) is 22.7. The quantitative estimate of drug-likeness (QED) is 0.435. The van der Waals surface area contributed by atoms with Crippen molar-refractivity contribution in [2.75, 3.05) is 15.4 Å². The van der Waals surface area contributed by atoms with E-state index in [0.29, 0.717) is 33.4 Å². The molecule has 0 saturated heterocycles. The van der Waals surface area contributed by atoms with Crippen LogP contribution < -0.4 is 15.4 Å². The highest BCUT2D eigenvalue weighted by Crippen LogP contribution is 2.32. The van der Waals surface area contributed by atoms with Crippen molar-refractivity contribution in [3.63, 3.8) is 0 Å². The van der Waals surface area contributed by atoms with Crippen LogP contribution in [0.15, 0.2) is 45.1 Å². The molecule has 1 aliphatic rings. The van der Waals surface area contributed by atoms with Gasteiger partial charge in [-0.15, -0.1) is 11.3 Å². The normalized spacial score (nSPS) is 13.8. The number of hydrogen-bond donors (Lipinski definition) is 3. The summed E-state index contributed by atoms with van der Waals surface area (Å²) in [5.41, 5.74) is 2.05. The minimum atomic E-state index is -3.78. The Hall–Kier alpha value is -3.44. The molecule has 3 aromatic rings. The fourth-order valence-corrected chi connectivity index (χ4v) is 5.27. The van der Waals surface area contributed by atoms with Crippen molar-refractivity contribution in [1.29, 1.82) is 0 Å². The third-order valence-electron chi connectivity index (χ3n) is 4.81. The molecule has 1 aliphatic carbocycles. The topological polar surface area (TPSA) is 130 Å². The highest BCUT2D eigenvalue weighted by molar-refractivity contribution is 7.94. The molecule has 9 nitrogen and oxygen atoms in total. The van der Waals surface area contributed by atoms with Crippen LogP contribution in [0.1, 0.15) is 36.1 Å². The minimum Gasteiger partial charge on any atom is -0.354 e. The van der Waals surface area contributed by atoms with Gasteiger partial charge in [-0.05, 0) is 68.3 Å². The predicted octanol–water partition coefficient (Wildman–Crippen LogP) is 4.32. The molecule has 2 heterocycles. The molecule has 0 unspecified atom stereocenters. The lowest BCUT2D eigenvalue weighted by molar-refractivity contribution is -0.117. The van der Waals surface area contributed by atoms with Gasteiger partial charge in [-0.2, -0.15) is 0 Å². The van der Waals surface area contributed by atoms with Crippen LogP contribution in [0.3, 0.4) is 0 Å². The average molecular weight is 487 g/mol. The number of rotatable bonds is 8. The first-order chi connectivity index (χ1) is 15.7. The van der Waals surface area contributed by atoms with E-state index in [1.165, 1.54) is 13.0 Å². The van der Waals surface area contributed by atoms with Crippen LogP contribution in [0.2, 0.25) is 0 Å². The lowest BCUT2D eigenvalue weighted by atomic mass is 10.2. The van der Waals surface area contributed by atoms with Crippen LogP contribution in [0, 0.1) is 12.8 Å².